The highest BCUT2D eigenvalue weighted by atomic mass is 16.2. The molecule has 0 bridgehead atoms. The molecule has 1 amide bonds. The lowest BCUT2D eigenvalue weighted by Crippen LogP contribution is -2.31. The van der Waals surface area contributed by atoms with Crippen LogP contribution in [0.15, 0.2) is 48.5 Å². The van der Waals surface area contributed by atoms with E-state index in [1.807, 2.05) is 43.3 Å². The van der Waals surface area contributed by atoms with Crippen LogP contribution >= 0.6 is 0 Å². The molecule has 0 spiro atoms. The van der Waals surface area contributed by atoms with Crippen LogP contribution in [0, 0.1) is 0 Å². The van der Waals surface area contributed by atoms with E-state index in [4.69, 9.17) is 0 Å². The molecule has 0 heterocycles. The predicted octanol–water partition coefficient (Wildman–Crippen LogP) is 6.21. The van der Waals surface area contributed by atoms with Gasteiger partial charge in [0.2, 0.25) is 0 Å². The molecule has 0 N–H and O–H groups in total. The van der Waals surface area contributed by atoms with Crippen molar-refractivity contribution in [2.75, 3.05) is 43.5 Å². The third-order valence-corrected chi connectivity index (χ3v) is 5.89. The summed E-state index contributed by atoms with van der Waals surface area (Å²) in [6.07, 6.45) is 5.98. The van der Waals surface area contributed by atoms with Crippen molar-refractivity contribution in [3.05, 3.63) is 59.7 Å². The van der Waals surface area contributed by atoms with E-state index in [0.717, 1.165) is 37.3 Å². The quantitative estimate of drug-likeness (QED) is 0.358. The van der Waals surface area contributed by atoms with Gasteiger partial charge in [0.05, 0.1) is 0 Å². The third kappa shape index (κ3) is 7.61. The standard InChI is InChI=1S/C27H41N3O/c1-6-9-10-11-12-21-30(27(31)24-15-19-25(20-16-24)28(4)5)22-23-13-17-26(18-14-23)29(7-2)8-3/h13-20H,6-12,21-22H2,1-5H3. The van der Waals surface area contributed by atoms with Gasteiger partial charge in [-0.2, -0.15) is 0 Å². The first-order valence-corrected chi connectivity index (χ1v) is 11.9. The van der Waals surface area contributed by atoms with Crippen LogP contribution in [0.5, 0.6) is 0 Å². The maximum atomic E-state index is 13.3. The lowest BCUT2D eigenvalue weighted by Gasteiger charge is -2.25. The predicted molar refractivity (Wildman–Crippen MR) is 134 cm³/mol. The number of rotatable bonds is 13. The fourth-order valence-electron chi connectivity index (χ4n) is 3.86. The number of hydrogen-bond acceptors (Lipinski definition) is 3. The Morgan fingerprint density at radius 3 is 1.87 bits per heavy atom. The van der Waals surface area contributed by atoms with E-state index in [-0.39, 0.29) is 5.91 Å². The van der Waals surface area contributed by atoms with Crippen LogP contribution in [-0.4, -0.2) is 44.5 Å². The van der Waals surface area contributed by atoms with E-state index >= 15 is 0 Å². The summed E-state index contributed by atoms with van der Waals surface area (Å²) in [7, 11) is 4.03. The largest absolute Gasteiger partial charge is 0.378 e. The van der Waals surface area contributed by atoms with Crippen LogP contribution in [0.2, 0.25) is 0 Å². The second-order valence-electron chi connectivity index (χ2n) is 8.42. The van der Waals surface area contributed by atoms with Gasteiger partial charge in [-0.3, -0.25) is 4.79 Å². The van der Waals surface area contributed by atoms with Crippen molar-refractivity contribution in [2.24, 2.45) is 0 Å². The molecule has 170 valence electrons. The molecule has 0 atom stereocenters. The van der Waals surface area contributed by atoms with Crippen molar-refractivity contribution >= 4 is 17.3 Å². The van der Waals surface area contributed by atoms with Gasteiger partial charge in [0.1, 0.15) is 0 Å². The summed E-state index contributed by atoms with van der Waals surface area (Å²) in [5.41, 5.74) is 4.29. The molecule has 0 radical (unpaired) electrons. The molecular weight excluding hydrogens is 382 g/mol. The van der Waals surface area contributed by atoms with Crippen LogP contribution in [0.3, 0.4) is 0 Å². The number of carbonyl (C=O) groups excluding carboxylic acids is 1. The number of carbonyl (C=O) groups is 1. The Hall–Kier alpha value is -2.49. The molecule has 2 rings (SSSR count). The van der Waals surface area contributed by atoms with Gasteiger partial charge in [-0.05, 0) is 62.2 Å². The highest BCUT2D eigenvalue weighted by Crippen LogP contribution is 2.19. The smallest absolute Gasteiger partial charge is 0.254 e. The van der Waals surface area contributed by atoms with E-state index in [1.165, 1.54) is 36.9 Å². The molecule has 0 aliphatic carbocycles. The summed E-state index contributed by atoms with van der Waals surface area (Å²) in [6.45, 7) is 10.0. The fourth-order valence-corrected chi connectivity index (χ4v) is 3.86. The summed E-state index contributed by atoms with van der Waals surface area (Å²) in [5, 5.41) is 0. The fraction of sp³-hybridized carbons (Fsp3) is 0.519. The molecule has 0 aliphatic heterocycles. The van der Waals surface area contributed by atoms with E-state index in [9.17, 15) is 4.79 Å². The zero-order valence-electron chi connectivity index (χ0n) is 20.2. The number of anilines is 2. The molecule has 4 heteroatoms. The minimum Gasteiger partial charge on any atom is -0.378 e. The van der Waals surface area contributed by atoms with E-state index in [0.29, 0.717) is 6.54 Å². The third-order valence-electron chi connectivity index (χ3n) is 5.89. The van der Waals surface area contributed by atoms with Gasteiger partial charge in [-0.1, -0.05) is 44.7 Å². The molecule has 0 saturated heterocycles. The molecule has 0 saturated carbocycles. The Morgan fingerprint density at radius 2 is 1.32 bits per heavy atom. The number of hydrogen-bond donors (Lipinski definition) is 0. The molecule has 0 aromatic heterocycles. The lowest BCUT2D eigenvalue weighted by molar-refractivity contribution is 0.0740. The number of nitrogens with zero attached hydrogens (tertiary/aromatic N) is 3. The normalized spacial score (nSPS) is 10.7. The Bertz CT molecular complexity index is 764. The van der Waals surface area contributed by atoms with Crippen molar-refractivity contribution in [2.45, 2.75) is 59.4 Å². The molecule has 0 unspecified atom stereocenters. The zero-order chi connectivity index (χ0) is 22.6. The average Bonchev–Trinajstić information content (AvgIpc) is 2.79. The highest BCUT2D eigenvalue weighted by molar-refractivity contribution is 5.94. The minimum atomic E-state index is 0.119. The zero-order valence-corrected chi connectivity index (χ0v) is 20.2. The Kier molecular flexibility index (Phi) is 10.4. The number of amides is 1. The lowest BCUT2D eigenvalue weighted by atomic mass is 10.1. The van der Waals surface area contributed by atoms with Crippen molar-refractivity contribution in [3.8, 4) is 0 Å². The van der Waals surface area contributed by atoms with Gasteiger partial charge in [-0.25, -0.2) is 0 Å². The van der Waals surface area contributed by atoms with Crippen molar-refractivity contribution in [3.63, 3.8) is 0 Å². The van der Waals surface area contributed by atoms with Crippen LogP contribution in [0.4, 0.5) is 11.4 Å². The second-order valence-corrected chi connectivity index (χ2v) is 8.42. The Balaban J connectivity index is 2.12. The molecule has 4 nitrogen and oxygen atoms in total. The van der Waals surface area contributed by atoms with Gasteiger partial charge >= 0.3 is 0 Å². The SMILES string of the molecule is CCCCCCCN(Cc1ccc(N(CC)CC)cc1)C(=O)c1ccc(N(C)C)cc1. The van der Waals surface area contributed by atoms with Gasteiger partial charge in [-0.15, -0.1) is 0 Å². The maximum absolute atomic E-state index is 13.3. The molecule has 31 heavy (non-hydrogen) atoms. The molecule has 2 aromatic rings. The van der Waals surface area contributed by atoms with Crippen LogP contribution < -0.4 is 9.80 Å². The molecular formula is C27H41N3O. The van der Waals surface area contributed by atoms with Gasteiger partial charge in [0.15, 0.2) is 0 Å². The monoisotopic (exact) mass is 423 g/mol. The van der Waals surface area contributed by atoms with Crippen LogP contribution in [0.25, 0.3) is 0 Å². The van der Waals surface area contributed by atoms with Crippen molar-refractivity contribution in [1.29, 1.82) is 0 Å². The number of unbranched alkanes of at least 4 members (excludes halogenated alkanes) is 4. The first kappa shape index (κ1) is 24.8. The summed E-state index contributed by atoms with van der Waals surface area (Å²) >= 11 is 0. The summed E-state index contributed by atoms with van der Waals surface area (Å²) in [6, 6.07) is 16.6. The Morgan fingerprint density at radius 1 is 0.742 bits per heavy atom. The van der Waals surface area contributed by atoms with Gasteiger partial charge < -0.3 is 14.7 Å². The van der Waals surface area contributed by atoms with Crippen LogP contribution in [-0.2, 0) is 6.54 Å². The minimum absolute atomic E-state index is 0.119. The van der Waals surface area contributed by atoms with Gasteiger partial charge in [0.25, 0.3) is 5.91 Å². The van der Waals surface area contributed by atoms with E-state index in [1.54, 1.807) is 0 Å². The van der Waals surface area contributed by atoms with Crippen molar-refractivity contribution < 1.29 is 4.79 Å². The molecule has 2 aromatic carbocycles. The molecule has 0 aliphatic rings. The topological polar surface area (TPSA) is 26.8 Å². The van der Waals surface area contributed by atoms with Crippen LogP contribution in [0.1, 0.15) is 68.8 Å². The highest BCUT2D eigenvalue weighted by Gasteiger charge is 2.16. The van der Waals surface area contributed by atoms with Gasteiger partial charge in [0, 0.05) is 57.2 Å². The second kappa shape index (κ2) is 13.0. The first-order chi connectivity index (χ1) is 15.0. The van der Waals surface area contributed by atoms with Crippen molar-refractivity contribution in [1.82, 2.24) is 4.90 Å². The summed E-state index contributed by atoms with van der Waals surface area (Å²) < 4.78 is 0. The van der Waals surface area contributed by atoms with E-state index < -0.39 is 0 Å². The van der Waals surface area contributed by atoms with E-state index in [2.05, 4.69) is 54.8 Å². The summed E-state index contributed by atoms with van der Waals surface area (Å²) in [4.78, 5) is 19.7. The first-order valence-electron chi connectivity index (χ1n) is 11.9. The average molecular weight is 424 g/mol. The summed E-state index contributed by atoms with van der Waals surface area (Å²) in [5.74, 6) is 0.119. The number of benzene rings is 2. The Labute approximate surface area is 189 Å². The molecule has 0 fully saturated rings. The maximum Gasteiger partial charge on any atom is 0.254 e.